The highest BCUT2D eigenvalue weighted by atomic mass is 79.9. The molecule has 0 radical (unpaired) electrons. The number of benzene rings is 1. The standard InChI is InChI=1S/C20H18BrF3N4OS/c21-16-17(19(29)25-9-8-12-5-2-1-3-6-12)27-28-15(20(22,23)24)11-13(26-18(16)28)14-7-4-10-30-14/h1-7,10,13,15,26H,8-9,11H2,(H,25,29)/t13-,15-/m1/s1. The third-order valence-electron chi connectivity index (χ3n) is 4.94. The second-order valence-electron chi connectivity index (χ2n) is 6.95. The number of anilines is 1. The molecule has 0 aliphatic carbocycles. The second kappa shape index (κ2) is 8.43. The van der Waals surface area contributed by atoms with E-state index in [9.17, 15) is 18.0 Å². The van der Waals surface area contributed by atoms with Crippen LogP contribution in [0.1, 0.15) is 39.4 Å². The van der Waals surface area contributed by atoms with Crippen molar-refractivity contribution in [3.05, 3.63) is 68.5 Å². The Bertz CT molecular complexity index is 1020. The molecule has 158 valence electrons. The Morgan fingerprint density at radius 3 is 2.70 bits per heavy atom. The van der Waals surface area contributed by atoms with Crippen molar-refractivity contribution in [1.29, 1.82) is 0 Å². The molecule has 1 aliphatic rings. The van der Waals surface area contributed by atoms with Crippen LogP contribution in [0.2, 0.25) is 0 Å². The SMILES string of the molecule is O=C(NCCc1ccccc1)c1nn2c(c1Br)N[C@@H](c1cccs1)C[C@@H]2C(F)(F)F. The largest absolute Gasteiger partial charge is 0.410 e. The molecule has 30 heavy (non-hydrogen) atoms. The second-order valence-corrected chi connectivity index (χ2v) is 8.72. The van der Waals surface area contributed by atoms with E-state index in [0.29, 0.717) is 13.0 Å². The predicted octanol–water partition coefficient (Wildman–Crippen LogP) is 5.34. The number of amides is 1. The highest BCUT2D eigenvalue weighted by molar-refractivity contribution is 9.10. The van der Waals surface area contributed by atoms with E-state index < -0.39 is 24.2 Å². The summed E-state index contributed by atoms with van der Waals surface area (Å²) in [7, 11) is 0. The maximum Gasteiger partial charge on any atom is 0.410 e. The third kappa shape index (κ3) is 4.24. The zero-order chi connectivity index (χ0) is 21.3. The lowest BCUT2D eigenvalue weighted by Gasteiger charge is -2.33. The summed E-state index contributed by atoms with van der Waals surface area (Å²) in [5.41, 5.74) is 0.991. The van der Waals surface area contributed by atoms with Crippen LogP contribution in [-0.4, -0.2) is 28.4 Å². The normalized spacial score (nSPS) is 18.5. The fourth-order valence-electron chi connectivity index (χ4n) is 3.46. The minimum atomic E-state index is -4.49. The number of hydrogen-bond donors (Lipinski definition) is 2. The number of rotatable bonds is 5. The van der Waals surface area contributed by atoms with Crippen molar-refractivity contribution in [1.82, 2.24) is 15.1 Å². The molecule has 2 aromatic heterocycles. The monoisotopic (exact) mass is 498 g/mol. The van der Waals surface area contributed by atoms with Crippen LogP contribution >= 0.6 is 27.3 Å². The molecule has 0 unspecified atom stereocenters. The van der Waals surface area contributed by atoms with Crippen LogP contribution in [0.4, 0.5) is 19.0 Å². The van der Waals surface area contributed by atoms with Gasteiger partial charge in [0.15, 0.2) is 11.7 Å². The zero-order valence-corrected chi connectivity index (χ0v) is 18.0. The van der Waals surface area contributed by atoms with E-state index in [-0.39, 0.29) is 22.4 Å². The number of nitrogens with one attached hydrogen (secondary N) is 2. The lowest BCUT2D eigenvalue weighted by Crippen LogP contribution is -2.35. The van der Waals surface area contributed by atoms with E-state index in [4.69, 9.17) is 0 Å². The van der Waals surface area contributed by atoms with Crippen molar-refractivity contribution in [2.45, 2.75) is 31.1 Å². The Hall–Kier alpha value is -2.33. The number of thiophene rings is 1. The van der Waals surface area contributed by atoms with E-state index >= 15 is 0 Å². The van der Waals surface area contributed by atoms with Gasteiger partial charge in [-0.15, -0.1) is 11.3 Å². The van der Waals surface area contributed by atoms with E-state index in [0.717, 1.165) is 15.1 Å². The Balaban J connectivity index is 1.56. The molecule has 1 aliphatic heterocycles. The molecule has 0 saturated heterocycles. The Labute approximate surface area is 183 Å². The molecule has 10 heteroatoms. The molecule has 0 saturated carbocycles. The summed E-state index contributed by atoms with van der Waals surface area (Å²) in [5, 5.41) is 11.7. The summed E-state index contributed by atoms with van der Waals surface area (Å²) in [6.45, 7) is 0.353. The first-order valence-corrected chi connectivity index (χ1v) is 11.0. The van der Waals surface area contributed by atoms with E-state index in [1.165, 1.54) is 11.3 Å². The minimum Gasteiger partial charge on any atom is -0.362 e. The van der Waals surface area contributed by atoms with E-state index in [1.807, 2.05) is 35.7 Å². The lowest BCUT2D eigenvalue weighted by atomic mass is 10.0. The maximum atomic E-state index is 13.8. The molecule has 5 nitrogen and oxygen atoms in total. The van der Waals surface area contributed by atoms with Gasteiger partial charge in [0.2, 0.25) is 0 Å². The van der Waals surface area contributed by atoms with Gasteiger partial charge in [-0.25, -0.2) is 4.68 Å². The van der Waals surface area contributed by atoms with Crippen molar-refractivity contribution in [2.75, 3.05) is 11.9 Å². The van der Waals surface area contributed by atoms with Crippen LogP contribution in [-0.2, 0) is 6.42 Å². The smallest absolute Gasteiger partial charge is 0.362 e. The van der Waals surface area contributed by atoms with Crippen LogP contribution in [0.25, 0.3) is 0 Å². The average molecular weight is 499 g/mol. The predicted molar refractivity (Wildman–Crippen MR) is 113 cm³/mol. The quantitative estimate of drug-likeness (QED) is 0.499. The third-order valence-corrected chi connectivity index (χ3v) is 6.68. The van der Waals surface area contributed by atoms with Gasteiger partial charge in [-0.1, -0.05) is 36.4 Å². The molecular weight excluding hydrogens is 481 g/mol. The van der Waals surface area contributed by atoms with Crippen LogP contribution in [0.5, 0.6) is 0 Å². The van der Waals surface area contributed by atoms with Gasteiger partial charge in [0, 0.05) is 17.8 Å². The van der Waals surface area contributed by atoms with Crippen molar-refractivity contribution in [3.63, 3.8) is 0 Å². The highest BCUT2D eigenvalue weighted by Gasteiger charge is 2.47. The van der Waals surface area contributed by atoms with Gasteiger partial charge in [-0.2, -0.15) is 18.3 Å². The van der Waals surface area contributed by atoms with Gasteiger partial charge in [-0.3, -0.25) is 4.79 Å². The Morgan fingerprint density at radius 1 is 1.27 bits per heavy atom. The fourth-order valence-corrected chi connectivity index (χ4v) is 4.81. The number of nitrogens with zero attached hydrogens (tertiary/aromatic N) is 2. The van der Waals surface area contributed by atoms with Gasteiger partial charge in [-0.05, 0) is 39.4 Å². The molecule has 1 aromatic carbocycles. The summed E-state index contributed by atoms with van der Waals surface area (Å²) in [6.07, 6.45) is -4.07. The van der Waals surface area contributed by atoms with Gasteiger partial charge in [0.1, 0.15) is 5.82 Å². The van der Waals surface area contributed by atoms with Crippen molar-refractivity contribution >= 4 is 39.0 Å². The Kier molecular flexibility index (Phi) is 5.88. The van der Waals surface area contributed by atoms with E-state index in [2.05, 4.69) is 31.7 Å². The molecule has 0 fully saturated rings. The number of fused-ring (bicyclic) bond motifs is 1. The summed E-state index contributed by atoms with van der Waals surface area (Å²) in [5.74, 6) is -0.356. The lowest BCUT2D eigenvalue weighted by molar-refractivity contribution is -0.173. The van der Waals surface area contributed by atoms with E-state index in [1.54, 1.807) is 12.1 Å². The first-order chi connectivity index (χ1) is 14.3. The first kappa shape index (κ1) is 20.9. The van der Waals surface area contributed by atoms with Gasteiger partial charge < -0.3 is 10.6 Å². The molecular formula is C20H18BrF3N4OS. The maximum absolute atomic E-state index is 13.8. The van der Waals surface area contributed by atoms with Gasteiger partial charge in [0.25, 0.3) is 5.91 Å². The van der Waals surface area contributed by atoms with Crippen LogP contribution in [0.3, 0.4) is 0 Å². The van der Waals surface area contributed by atoms with Crippen LogP contribution < -0.4 is 10.6 Å². The number of hydrogen-bond acceptors (Lipinski definition) is 4. The topological polar surface area (TPSA) is 59.0 Å². The van der Waals surface area contributed by atoms with Crippen molar-refractivity contribution in [3.8, 4) is 0 Å². The first-order valence-electron chi connectivity index (χ1n) is 9.31. The number of aromatic nitrogens is 2. The summed E-state index contributed by atoms with van der Waals surface area (Å²) in [6, 6.07) is 10.9. The number of carbonyl (C=O) groups is 1. The number of halogens is 4. The fraction of sp³-hybridized carbons (Fsp3) is 0.300. The molecule has 3 heterocycles. The number of carbonyl (C=O) groups excluding carboxylic acids is 1. The highest BCUT2D eigenvalue weighted by Crippen LogP contribution is 2.46. The molecule has 3 aromatic rings. The molecule has 0 bridgehead atoms. The average Bonchev–Trinajstić information content (AvgIpc) is 3.36. The molecule has 4 rings (SSSR count). The molecule has 2 N–H and O–H groups in total. The summed E-state index contributed by atoms with van der Waals surface area (Å²) in [4.78, 5) is 13.4. The molecule has 2 atom stereocenters. The summed E-state index contributed by atoms with van der Waals surface area (Å²) < 4.78 is 42.4. The molecule has 1 amide bonds. The van der Waals surface area contributed by atoms with Crippen molar-refractivity contribution < 1.29 is 18.0 Å². The zero-order valence-electron chi connectivity index (χ0n) is 15.6. The summed E-state index contributed by atoms with van der Waals surface area (Å²) >= 11 is 4.68. The molecule has 0 spiro atoms. The minimum absolute atomic E-state index is 0.0633. The van der Waals surface area contributed by atoms with Crippen molar-refractivity contribution in [2.24, 2.45) is 0 Å². The van der Waals surface area contributed by atoms with Gasteiger partial charge in [0.05, 0.1) is 10.5 Å². The Morgan fingerprint density at radius 2 is 2.03 bits per heavy atom. The van der Waals surface area contributed by atoms with Crippen LogP contribution in [0.15, 0.2) is 52.3 Å². The van der Waals surface area contributed by atoms with Gasteiger partial charge >= 0.3 is 6.18 Å². The van der Waals surface area contributed by atoms with Crippen LogP contribution in [0, 0.1) is 0 Å². The number of alkyl halides is 3.